The lowest BCUT2D eigenvalue weighted by Gasteiger charge is -2.71. The van der Waals surface area contributed by atoms with Gasteiger partial charge in [-0.25, -0.2) is 4.79 Å². The van der Waals surface area contributed by atoms with E-state index in [0.717, 1.165) is 62.6 Å². The van der Waals surface area contributed by atoms with E-state index in [1.54, 1.807) is 42.6 Å². The number of aliphatic hydroxyl groups is 2. The van der Waals surface area contributed by atoms with Crippen LogP contribution in [0.25, 0.3) is 20.9 Å². The Morgan fingerprint density at radius 2 is 1.50 bits per heavy atom. The van der Waals surface area contributed by atoms with Crippen molar-refractivity contribution in [3.63, 3.8) is 0 Å². The molecule has 310 valence electrons. The third-order valence-electron chi connectivity index (χ3n) is 16.1. The van der Waals surface area contributed by atoms with Crippen molar-refractivity contribution in [1.29, 1.82) is 0 Å². The molecule has 0 radical (unpaired) electrons. The fourth-order valence-electron chi connectivity index (χ4n) is 12.9. The lowest BCUT2D eigenvalue weighted by Crippen LogP contribution is -2.67. The molecule has 5 aromatic rings. The highest BCUT2D eigenvalue weighted by Crippen LogP contribution is 2.78. The van der Waals surface area contributed by atoms with Gasteiger partial charge in [-0.2, -0.15) is 0 Å². The van der Waals surface area contributed by atoms with Gasteiger partial charge in [0.1, 0.15) is 17.2 Å². The average Bonchev–Trinajstić information content (AvgIpc) is 3.81. The predicted octanol–water partition coefficient (Wildman–Crippen LogP) is 10.5. The smallest absolute Gasteiger partial charge is 0.415 e. The van der Waals surface area contributed by atoms with Gasteiger partial charge in [0.2, 0.25) is 0 Å². The molecule has 9 heteroatoms. The summed E-state index contributed by atoms with van der Waals surface area (Å²) in [5.41, 5.74) is -1.61. The van der Waals surface area contributed by atoms with Crippen LogP contribution in [0.15, 0.2) is 115 Å². The summed E-state index contributed by atoms with van der Waals surface area (Å²) in [5, 5.41) is 27.6. The molecule has 60 heavy (non-hydrogen) atoms. The van der Waals surface area contributed by atoms with Gasteiger partial charge in [-0.15, -0.1) is 11.3 Å². The molecular weight excluding hydrogens is 771 g/mol. The van der Waals surface area contributed by atoms with E-state index in [2.05, 4.69) is 44.2 Å². The number of amides is 1. The second-order valence-electron chi connectivity index (χ2n) is 18.7. The summed E-state index contributed by atoms with van der Waals surface area (Å²) < 4.78 is 18.5. The number of aliphatic hydroxyl groups excluding tert-OH is 1. The van der Waals surface area contributed by atoms with Gasteiger partial charge in [-0.05, 0) is 115 Å². The lowest BCUT2D eigenvalue weighted by molar-refractivity contribution is -0.175. The van der Waals surface area contributed by atoms with Crippen LogP contribution in [-0.4, -0.2) is 59.5 Å². The number of hydrogen-bond acceptors (Lipinski definition) is 8. The van der Waals surface area contributed by atoms with Gasteiger partial charge in [0, 0.05) is 38.1 Å². The molecule has 6 aliphatic rings. The first kappa shape index (κ1) is 39.2. The van der Waals surface area contributed by atoms with E-state index in [1.807, 2.05) is 66.7 Å². The Balaban J connectivity index is 1.04. The second-order valence-corrected chi connectivity index (χ2v) is 19.8. The number of carbonyl (C=O) groups is 2. The quantitative estimate of drug-likeness (QED) is 0.113. The number of benzene rings is 4. The zero-order chi connectivity index (χ0) is 41.7. The average molecular weight is 824 g/mol. The molecule has 4 aromatic carbocycles. The Kier molecular flexibility index (Phi) is 9.17. The Bertz CT molecular complexity index is 2580. The van der Waals surface area contributed by atoms with Gasteiger partial charge in [0.25, 0.3) is 0 Å². The zero-order valence-corrected chi connectivity index (χ0v) is 35.6. The normalized spacial score (nSPS) is 32.5. The predicted molar refractivity (Wildman–Crippen MR) is 235 cm³/mol. The first-order chi connectivity index (χ1) is 28.8. The summed E-state index contributed by atoms with van der Waals surface area (Å²) in [7, 11) is 3.20. The van der Waals surface area contributed by atoms with Crippen molar-refractivity contribution in [3.8, 4) is 17.2 Å². The van der Waals surface area contributed by atoms with Gasteiger partial charge in [-0.1, -0.05) is 80.6 Å². The van der Waals surface area contributed by atoms with Gasteiger partial charge in [0.05, 0.1) is 43.9 Å². The van der Waals surface area contributed by atoms with Crippen molar-refractivity contribution < 1.29 is 34.0 Å². The summed E-state index contributed by atoms with van der Waals surface area (Å²) >= 11 is 1.54. The summed E-state index contributed by atoms with van der Waals surface area (Å²) in [4.78, 5) is 32.2. The largest absolute Gasteiger partial charge is 0.497 e. The van der Waals surface area contributed by atoms with E-state index in [9.17, 15) is 15.0 Å². The van der Waals surface area contributed by atoms with Crippen molar-refractivity contribution in [3.05, 3.63) is 125 Å². The molecule has 6 aliphatic carbocycles. The number of nitrogens with zero attached hydrogens (tertiary/aromatic N) is 1. The summed E-state index contributed by atoms with van der Waals surface area (Å²) in [5.74, 6) is 1.75. The van der Waals surface area contributed by atoms with Crippen LogP contribution in [0.3, 0.4) is 0 Å². The standard InChI is InChI=1S/C51H53NO7S/c1-47-20-17-36(53)28-49(47)23-24-51(39(29-49)45(54)42-26-34-11-7-8-12-41(34)60-42)43(47)18-21-48(2)44(51)19-22-50(48,56)31-52(30-35-14-15-37(57-3)27-40(35)58-4)46(55)59-38-16-13-32-9-5-6-10-33(32)25-38/h5-16,23-27,29,36,43-44,53,56H,17-22,28,30-31H2,1-4H3/t36?,43-,44-,47-,48+,49+,50-,51-/m1/s1. The summed E-state index contributed by atoms with van der Waals surface area (Å²) in [6, 6.07) is 29.3. The fourth-order valence-corrected chi connectivity index (χ4v) is 13.9. The minimum absolute atomic E-state index is 0.0305. The van der Waals surface area contributed by atoms with Crippen LogP contribution in [0.4, 0.5) is 4.79 Å². The van der Waals surface area contributed by atoms with E-state index in [0.29, 0.717) is 36.5 Å². The maximum Gasteiger partial charge on any atom is 0.415 e. The zero-order valence-electron chi connectivity index (χ0n) is 34.8. The number of rotatable bonds is 9. The van der Waals surface area contributed by atoms with Crippen molar-refractivity contribution in [1.82, 2.24) is 4.90 Å². The molecule has 3 fully saturated rings. The van der Waals surface area contributed by atoms with Crippen LogP contribution in [0.5, 0.6) is 17.2 Å². The van der Waals surface area contributed by atoms with Gasteiger partial charge in [0.15, 0.2) is 5.78 Å². The van der Waals surface area contributed by atoms with E-state index in [4.69, 9.17) is 14.2 Å². The van der Waals surface area contributed by atoms with Crippen LogP contribution < -0.4 is 14.2 Å². The lowest BCUT2D eigenvalue weighted by atomic mass is 9.32. The minimum atomic E-state index is -1.31. The first-order valence-corrected chi connectivity index (χ1v) is 22.2. The molecule has 1 unspecified atom stereocenters. The highest BCUT2D eigenvalue weighted by Gasteiger charge is 2.74. The van der Waals surface area contributed by atoms with E-state index >= 15 is 4.79 Å². The van der Waals surface area contributed by atoms with Gasteiger partial charge < -0.3 is 29.3 Å². The Morgan fingerprint density at radius 1 is 0.783 bits per heavy atom. The molecule has 3 saturated carbocycles. The van der Waals surface area contributed by atoms with Crippen LogP contribution >= 0.6 is 11.3 Å². The molecule has 8 nitrogen and oxygen atoms in total. The fraction of sp³-hybridized carbons (Fsp3) is 0.412. The monoisotopic (exact) mass is 823 g/mol. The second kappa shape index (κ2) is 14.0. The summed E-state index contributed by atoms with van der Waals surface area (Å²) in [6.07, 6.45) is 10.9. The third kappa shape index (κ3) is 5.68. The first-order valence-electron chi connectivity index (χ1n) is 21.4. The molecule has 1 aromatic heterocycles. The van der Waals surface area contributed by atoms with E-state index in [-0.39, 0.29) is 36.1 Å². The van der Waals surface area contributed by atoms with Crippen LogP contribution in [0.2, 0.25) is 0 Å². The molecule has 2 bridgehead atoms. The molecule has 0 aliphatic heterocycles. The SMILES string of the molecule is COc1ccc(CN(C[C@]2(O)CC[C@H]3[C@]45C=C[C@@]6(C=C4C(=O)c4cc7ccccc7s4)CC(O)CC[C@]6(C)[C@H]5CC[C@@]32C)C(=O)Oc2ccc3ccccc3c2)c(OC)c1. The topological polar surface area (TPSA) is 106 Å². The van der Waals surface area contributed by atoms with Crippen LogP contribution in [-0.2, 0) is 6.54 Å². The van der Waals surface area contributed by atoms with Crippen molar-refractivity contribution in [2.75, 3.05) is 20.8 Å². The number of ketones is 1. The Morgan fingerprint density at radius 3 is 2.28 bits per heavy atom. The molecule has 1 amide bonds. The molecule has 2 N–H and O–H groups in total. The molecule has 0 saturated heterocycles. The highest BCUT2D eigenvalue weighted by molar-refractivity contribution is 7.21. The number of ether oxygens (including phenoxy) is 3. The number of fused-ring (bicyclic) bond motifs is 3. The molecule has 1 heterocycles. The minimum Gasteiger partial charge on any atom is -0.497 e. The number of thiophene rings is 1. The maximum atomic E-state index is 15.2. The summed E-state index contributed by atoms with van der Waals surface area (Å²) in [6.45, 7) is 4.77. The highest BCUT2D eigenvalue weighted by atomic mass is 32.1. The maximum absolute atomic E-state index is 15.2. The van der Waals surface area contributed by atoms with E-state index < -0.39 is 34.0 Å². The molecule has 11 rings (SSSR count). The number of allylic oxidation sites excluding steroid dienone is 4. The number of Topliss-reactive ketones (excluding diaryl/α,β-unsaturated/α-hetero) is 1. The van der Waals surface area contributed by atoms with E-state index in [1.165, 1.54) is 0 Å². The van der Waals surface area contributed by atoms with Crippen molar-refractivity contribution >= 4 is 44.1 Å². The Hall–Kier alpha value is -4.96. The molecular formula is C51H53NO7S. The van der Waals surface area contributed by atoms with Gasteiger partial charge in [-0.3, -0.25) is 4.79 Å². The molecule has 8 atom stereocenters. The van der Waals surface area contributed by atoms with Crippen LogP contribution in [0.1, 0.15) is 74.0 Å². The van der Waals surface area contributed by atoms with Gasteiger partial charge >= 0.3 is 6.09 Å². The Labute approximate surface area is 355 Å². The van der Waals surface area contributed by atoms with Crippen LogP contribution in [0, 0.1) is 33.5 Å². The number of hydrogen-bond donors (Lipinski definition) is 2. The molecule has 2 spiro atoms. The van der Waals surface area contributed by atoms with Crippen molar-refractivity contribution in [2.24, 2.45) is 33.5 Å². The van der Waals surface area contributed by atoms with Crippen molar-refractivity contribution in [2.45, 2.75) is 77.0 Å². The third-order valence-corrected chi connectivity index (χ3v) is 17.2. The number of methoxy groups -OCH3 is 2. The number of carbonyl (C=O) groups excluding carboxylic acids is 2.